The van der Waals surface area contributed by atoms with Crippen molar-refractivity contribution in [2.75, 3.05) is 23.3 Å². The molecule has 0 saturated carbocycles. The minimum Gasteiger partial charge on any atom is -0.477 e. The molecule has 0 radical (unpaired) electrons. The van der Waals surface area contributed by atoms with E-state index < -0.39 is 11.8 Å². The zero-order valence-electron chi connectivity index (χ0n) is 24.7. The first kappa shape index (κ1) is 29.1. The maximum Gasteiger partial charge on any atom is 0.341 e. The number of hydrogen-bond donors (Lipinski definition) is 2. The molecule has 14 heteroatoms. The molecule has 44 heavy (non-hydrogen) atoms. The quantitative estimate of drug-likeness (QED) is 0.374. The summed E-state index contributed by atoms with van der Waals surface area (Å²) in [4.78, 5) is 56.2. The number of fused-ring (bicyclic) bond motifs is 3. The van der Waals surface area contributed by atoms with Gasteiger partial charge in [-0.15, -0.1) is 0 Å². The first-order valence-corrected chi connectivity index (χ1v) is 15.0. The van der Waals surface area contributed by atoms with E-state index in [1.54, 1.807) is 31.3 Å². The molecule has 6 rings (SSSR count). The van der Waals surface area contributed by atoms with Crippen molar-refractivity contribution in [1.82, 2.24) is 29.0 Å². The second-order valence-electron chi connectivity index (χ2n) is 11.2. The lowest BCUT2D eigenvalue weighted by molar-refractivity contribution is -0.134. The molecule has 0 aliphatic carbocycles. The molecule has 0 aromatic carbocycles. The Kier molecular flexibility index (Phi) is 7.67. The monoisotopic (exact) mass is 613 g/mol. The number of Topliss-reactive ketones (excluding diaryl/α,β-unsaturated/α-hetero) is 1. The van der Waals surface area contributed by atoms with Gasteiger partial charge < -0.3 is 15.3 Å². The largest absolute Gasteiger partial charge is 0.477 e. The highest BCUT2D eigenvalue weighted by Gasteiger charge is 2.37. The third-order valence-corrected chi connectivity index (χ3v) is 8.42. The number of carboxylic acids is 1. The van der Waals surface area contributed by atoms with E-state index in [4.69, 9.17) is 4.99 Å². The molecular formula is C30H31N9O4S. The molecule has 0 atom stereocenters. The van der Waals surface area contributed by atoms with Gasteiger partial charge in [0.15, 0.2) is 17.4 Å². The smallest absolute Gasteiger partial charge is 0.341 e. The second-order valence-corrected chi connectivity index (χ2v) is 11.9. The Hall–Kier alpha value is -4.98. The normalized spacial score (nSPS) is 17.4. The van der Waals surface area contributed by atoms with Crippen LogP contribution in [-0.2, 0) is 14.4 Å². The van der Waals surface area contributed by atoms with Crippen molar-refractivity contribution in [2.45, 2.75) is 46.6 Å². The number of carboxylic acid groups (broad SMARTS) is 1. The summed E-state index contributed by atoms with van der Waals surface area (Å²) < 4.78 is 6.29. The van der Waals surface area contributed by atoms with Crippen LogP contribution in [0.15, 0.2) is 70.3 Å². The number of nitrogens with zero attached hydrogens (tertiary/aromatic N) is 8. The standard InChI is InChI=1S/C30H31N9O4S/c1-16(2)39-18(4)12-23(35-39)32-28(41)19-13-37(14-19)25-11-17(3)20-8-9-24(33-25)38(15-21(26(20)40)29(42)43)30-34-27(36-44-30)22-7-5-6-10-31-22/h5-7,10-12,15-16,19H,8-9,13-14H2,1-4H3,(H,42,43)(H,32,35,41). The van der Waals surface area contributed by atoms with Crippen LogP contribution < -0.4 is 10.2 Å². The third kappa shape index (κ3) is 5.55. The number of aliphatic imine (C=N–C) groups is 1. The number of rotatable bonds is 7. The number of anilines is 2. The van der Waals surface area contributed by atoms with Gasteiger partial charge in [-0.1, -0.05) is 6.07 Å². The van der Waals surface area contributed by atoms with Gasteiger partial charge in [0, 0.05) is 66.8 Å². The van der Waals surface area contributed by atoms with E-state index in [1.165, 1.54) is 11.1 Å². The molecule has 226 valence electrons. The maximum atomic E-state index is 13.5. The fourth-order valence-corrected chi connectivity index (χ4v) is 6.03. The Morgan fingerprint density at radius 2 is 1.95 bits per heavy atom. The van der Waals surface area contributed by atoms with Crippen molar-refractivity contribution in [1.29, 1.82) is 0 Å². The predicted molar refractivity (Wildman–Crippen MR) is 165 cm³/mol. The summed E-state index contributed by atoms with van der Waals surface area (Å²) in [6.07, 6.45) is 5.39. The number of pyridine rings is 1. The van der Waals surface area contributed by atoms with E-state index in [1.807, 2.05) is 42.5 Å². The van der Waals surface area contributed by atoms with Crippen molar-refractivity contribution in [3.63, 3.8) is 0 Å². The van der Waals surface area contributed by atoms with Crippen LogP contribution in [0, 0.1) is 12.8 Å². The second kappa shape index (κ2) is 11.6. The number of amides is 1. The molecule has 3 aliphatic heterocycles. The fraction of sp³-hybridized carbons (Fsp3) is 0.333. The van der Waals surface area contributed by atoms with Crippen molar-refractivity contribution in [2.24, 2.45) is 10.9 Å². The van der Waals surface area contributed by atoms with Crippen LogP contribution in [0.1, 0.15) is 45.3 Å². The molecule has 2 N–H and O–H groups in total. The number of aryl methyl sites for hydroxylation is 1. The number of aliphatic carboxylic acids is 1. The number of carbonyl (C=O) groups excluding carboxylic acids is 2. The summed E-state index contributed by atoms with van der Waals surface area (Å²) in [6, 6.07) is 7.43. The average molecular weight is 614 g/mol. The minimum absolute atomic E-state index is 0.124. The van der Waals surface area contributed by atoms with E-state index in [0.717, 1.165) is 17.2 Å². The Bertz CT molecular complexity index is 1780. The number of likely N-dealkylation sites (tertiary alicyclic amines) is 1. The molecule has 6 heterocycles. The highest BCUT2D eigenvalue weighted by atomic mass is 32.1. The lowest BCUT2D eigenvalue weighted by Gasteiger charge is -2.40. The van der Waals surface area contributed by atoms with Crippen LogP contribution in [0.2, 0.25) is 0 Å². The van der Waals surface area contributed by atoms with E-state index >= 15 is 0 Å². The number of ketones is 1. The van der Waals surface area contributed by atoms with Crippen molar-refractivity contribution in [3.05, 3.63) is 71.0 Å². The highest BCUT2D eigenvalue weighted by Crippen LogP contribution is 2.33. The van der Waals surface area contributed by atoms with E-state index in [0.29, 0.717) is 71.2 Å². The van der Waals surface area contributed by atoms with Crippen LogP contribution in [0.3, 0.4) is 0 Å². The Morgan fingerprint density at radius 3 is 2.64 bits per heavy atom. The molecule has 1 fully saturated rings. The molecule has 0 unspecified atom stereocenters. The van der Waals surface area contributed by atoms with Gasteiger partial charge in [0.05, 0.1) is 5.92 Å². The van der Waals surface area contributed by atoms with Gasteiger partial charge in [-0.25, -0.2) is 9.79 Å². The lowest BCUT2D eigenvalue weighted by atomic mass is 9.92. The SMILES string of the molecule is CC1=C2CCC(=NC(N3CC(C(=O)Nc4cc(C)n(C(C)C)n4)C3)=C1)N(c1nc(-c3ccccn3)ns1)C=C(C(=O)O)C2=O. The summed E-state index contributed by atoms with van der Waals surface area (Å²) in [6.45, 7) is 8.65. The zero-order valence-corrected chi connectivity index (χ0v) is 25.5. The summed E-state index contributed by atoms with van der Waals surface area (Å²) >= 11 is 1.06. The van der Waals surface area contributed by atoms with Crippen LogP contribution in [0.25, 0.3) is 11.5 Å². The first-order valence-electron chi connectivity index (χ1n) is 14.2. The first-order chi connectivity index (χ1) is 21.1. The predicted octanol–water partition coefficient (Wildman–Crippen LogP) is 3.96. The Balaban J connectivity index is 1.29. The zero-order chi connectivity index (χ0) is 31.1. The third-order valence-electron chi connectivity index (χ3n) is 7.70. The maximum absolute atomic E-state index is 13.5. The number of aromatic nitrogens is 5. The van der Waals surface area contributed by atoms with Gasteiger partial charge in [-0.05, 0) is 57.9 Å². The molecule has 2 bridgehead atoms. The molecule has 1 saturated heterocycles. The molecule has 3 aliphatic rings. The highest BCUT2D eigenvalue weighted by molar-refractivity contribution is 7.10. The minimum atomic E-state index is -1.34. The van der Waals surface area contributed by atoms with Gasteiger partial charge in [-0.2, -0.15) is 14.5 Å². The van der Waals surface area contributed by atoms with Crippen LogP contribution in [0.4, 0.5) is 10.9 Å². The van der Waals surface area contributed by atoms with Crippen LogP contribution >= 0.6 is 11.5 Å². The van der Waals surface area contributed by atoms with Crippen molar-refractivity contribution < 1.29 is 19.5 Å². The average Bonchev–Trinajstić information content (AvgIpc) is 3.57. The topological polar surface area (TPSA) is 159 Å². The van der Waals surface area contributed by atoms with Crippen LogP contribution in [0.5, 0.6) is 0 Å². The fourth-order valence-electron chi connectivity index (χ4n) is 5.35. The number of carbonyl (C=O) groups is 3. The molecule has 1 amide bonds. The summed E-state index contributed by atoms with van der Waals surface area (Å²) in [5, 5.41) is 17.8. The molecule has 3 aromatic rings. The van der Waals surface area contributed by atoms with Crippen LogP contribution in [-0.4, -0.2) is 70.7 Å². The number of nitrogens with one attached hydrogen (secondary N) is 1. The molecule has 13 nitrogen and oxygen atoms in total. The summed E-state index contributed by atoms with van der Waals surface area (Å²) in [7, 11) is 0. The Morgan fingerprint density at radius 1 is 1.16 bits per heavy atom. The van der Waals surface area contributed by atoms with E-state index in [9.17, 15) is 19.5 Å². The molecular weight excluding hydrogens is 582 g/mol. The van der Waals surface area contributed by atoms with Crippen molar-refractivity contribution in [3.8, 4) is 11.5 Å². The Labute approximate surface area is 257 Å². The van der Waals surface area contributed by atoms with E-state index in [-0.39, 0.29) is 23.4 Å². The lowest BCUT2D eigenvalue weighted by Crippen LogP contribution is -2.51. The van der Waals surface area contributed by atoms with E-state index in [2.05, 4.69) is 24.8 Å². The summed E-state index contributed by atoms with van der Waals surface area (Å²) in [5.74, 6) is -0.292. The molecule has 3 aromatic heterocycles. The number of allylic oxidation sites excluding steroid dienone is 3. The number of amidine groups is 1. The van der Waals surface area contributed by atoms with Gasteiger partial charge in [0.1, 0.15) is 22.9 Å². The van der Waals surface area contributed by atoms with Gasteiger partial charge in [-0.3, -0.25) is 24.2 Å². The van der Waals surface area contributed by atoms with Gasteiger partial charge in [0.2, 0.25) is 11.0 Å². The number of hydrogen-bond acceptors (Lipinski definition) is 11. The summed E-state index contributed by atoms with van der Waals surface area (Å²) in [5.41, 5.74) is 2.21. The van der Waals surface area contributed by atoms with Gasteiger partial charge in [0.25, 0.3) is 0 Å². The molecule has 0 spiro atoms. The van der Waals surface area contributed by atoms with Gasteiger partial charge >= 0.3 is 5.97 Å². The van der Waals surface area contributed by atoms with Crippen molar-refractivity contribution >= 4 is 46.0 Å².